The molecule has 7 heteroatoms. The summed E-state index contributed by atoms with van der Waals surface area (Å²) in [5, 5.41) is 0.137. The standard InChI is InChI=1S/C8H3Cl7/c9-6-4(7(10,11)12)2-1-3-5(6)8(13,14)15/h1-3H. The second-order valence-electron chi connectivity index (χ2n) is 2.66. The highest BCUT2D eigenvalue weighted by Crippen LogP contribution is 2.48. The molecule has 0 radical (unpaired) electrons. The Morgan fingerprint density at radius 1 is 0.733 bits per heavy atom. The van der Waals surface area contributed by atoms with Crippen LogP contribution in [0, 0.1) is 0 Å². The van der Waals surface area contributed by atoms with Gasteiger partial charge in [-0.15, -0.1) is 0 Å². The van der Waals surface area contributed by atoms with Crippen molar-refractivity contribution in [2.75, 3.05) is 0 Å². The summed E-state index contributed by atoms with van der Waals surface area (Å²) in [6.45, 7) is 0. The SMILES string of the molecule is Clc1c(C(Cl)(Cl)Cl)cccc1C(Cl)(Cl)Cl. The molecule has 1 aromatic rings. The molecule has 0 aliphatic carbocycles. The van der Waals surface area contributed by atoms with E-state index in [4.69, 9.17) is 81.2 Å². The number of halogens is 7. The summed E-state index contributed by atoms with van der Waals surface area (Å²) < 4.78 is -3.30. The molecule has 0 spiro atoms. The zero-order valence-corrected chi connectivity index (χ0v) is 12.2. The zero-order valence-electron chi connectivity index (χ0n) is 6.88. The largest absolute Gasteiger partial charge is 0.217 e. The van der Waals surface area contributed by atoms with Crippen LogP contribution in [0.4, 0.5) is 0 Å². The quantitative estimate of drug-likeness (QED) is 0.506. The minimum atomic E-state index is -1.65. The Labute approximate surface area is 122 Å². The second kappa shape index (κ2) is 4.86. The van der Waals surface area contributed by atoms with Gasteiger partial charge in [-0.2, -0.15) is 0 Å². The monoisotopic (exact) mass is 344 g/mol. The van der Waals surface area contributed by atoms with Crippen LogP contribution in [-0.4, -0.2) is 0 Å². The highest BCUT2D eigenvalue weighted by Gasteiger charge is 2.32. The maximum atomic E-state index is 5.97. The molecule has 0 aromatic heterocycles. The van der Waals surface area contributed by atoms with Crippen molar-refractivity contribution >= 4 is 81.2 Å². The van der Waals surface area contributed by atoms with Crippen molar-refractivity contribution in [1.29, 1.82) is 0 Å². The molecule has 84 valence electrons. The summed E-state index contributed by atoms with van der Waals surface area (Å²) in [6, 6.07) is 4.70. The third-order valence-electron chi connectivity index (χ3n) is 1.61. The van der Waals surface area contributed by atoms with Gasteiger partial charge in [0.25, 0.3) is 0 Å². The zero-order chi connectivity index (χ0) is 11.9. The number of rotatable bonds is 0. The van der Waals surface area contributed by atoms with Crippen LogP contribution in [0.2, 0.25) is 5.02 Å². The van der Waals surface area contributed by atoms with E-state index in [0.717, 1.165) is 0 Å². The van der Waals surface area contributed by atoms with E-state index < -0.39 is 7.59 Å². The lowest BCUT2D eigenvalue weighted by Gasteiger charge is -2.19. The molecule has 0 aliphatic heterocycles. The molecular formula is C8H3Cl7. The Morgan fingerprint density at radius 2 is 1.07 bits per heavy atom. The predicted molar refractivity (Wildman–Crippen MR) is 69.9 cm³/mol. The maximum Gasteiger partial charge on any atom is 0.217 e. The van der Waals surface area contributed by atoms with Crippen LogP contribution in [-0.2, 0) is 7.59 Å². The molecule has 0 amide bonds. The van der Waals surface area contributed by atoms with Gasteiger partial charge in [-0.3, -0.25) is 0 Å². The molecule has 0 bridgehead atoms. The van der Waals surface area contributed by atoms with Crippen LogP contribution < -0.4 is 0 Å². The van der Waals surface area contributed by atoms with Crippen LogP contribution >= 0.6 is 81.2 Å². The van der Waals surface area contributed by atoms with E-state index >= 15 is 0 Å². The molecule has 15 heavy (non-hydrogen) atoms. The van der Waals surface area contributed by atoms with Crippen molar-refractivity contribution in [2.45, 2.75) is 7.59 Å². The first-order chi connectivity index (χ1) is 6.64. The molecule has 0 N–H and O–H groups in total. The minimum absolute atomic E-state index is 0.137. The lowest BCUT2D eigenvalue weighted by molar-refractivity contribution is 1.17. The Bertz CT molecular complexity index is 328. The fraction of sp³-hybridized carbons (Fsp3) is 0.250. The molecule has 0 unspecified atom stereocenters. The van der Waals surface area contributed by atoms with Crippen LogP contribution in [0.5, 0.6) is 0 Å². The average Bonchev–Trinajstić information content (AvgIpc) is 1.99. The smallest absolute Gasteiger partial charge is 0.0834 e. The summed E-state index contributed by atoms with van der Waals surface area (Å²) in [5.41, 5.74) is 0.552. The number of hydrogen-bond acceptors (Lipinski definition) is 0. The second-order valence-corrected chi connectivity index (χ2v) is 7.60. The average molecular weight is 347 g/mol. The fourth-order valence-corrected chi connectivity index (χ4v) is 2.61. The molecular weight excluding hydrogens is 344 g/mol. The van der Waals surface area contributed by atoms with Gasteiger partial charge in [0.05, 0.1) is 5.02 Å². The normalized spacial score (nSPS) is 13.0. The molecule has 0 fully saturated rings. The van der Waals surface area contributed by atoms with Crippen molar-refractivity contribution in [3.8, 4) is 0 Å². The van der Waals surface area contributed by atoms with Crippen LogP contribution in [0.15, 0.2) is 18.2 Å². The molecule has 0 heterocycles. The summed E-state index contributed by atoms with van der Waals surface area (Å²) >= 11 is 40.2. The molecule has 1 aromatic carbocycles. The van der Waals surface area contributed by atoms with Crippen LogP contribution in [0.25, 0.3) is 0 Å². The van der Waals surface area contributed by atoms with E-state index in [1.165, 1.54) is 0 Å². The van der Waals surface area contributed by atoms with Gasteiger partial charge in [-0.05, 0) is 0 Å². The van der Waals surface area contributed by atoms with Crippen LogP contribution in [0.1, 0.15) is 11.1 Å². The molecule has 0 saturated carbocycles. The predicted octanol–water partition coefficient (Wildman–Crippen LogP) is 5.99. The molecule has 0 nitrogen and oxygen atoms in total. The van der Waals surface area contributed by atoms with E-state index in [1.54, 1.807) is 18.2 Å². The topological polar surface area (TPSA) is 0 Å². The first-order valence-electron chi connectivity index (χ1n) is 3.57. The van der Waals surface area contributed by atoms with E-state index in [9.17, 15) is 0 Å². The van der Waals surface area contributed by atoms with E-state index in [2.05, 4.69) is 0 Å². The highest BCUT2D eigenvalue weighted by molar-refractivity contribution is 6.68. The van der Waals surface area contributed by atoms with Gasteiger partial charge in [0.2, 0.25) is 7.59 Å². The summed E-state index contributed by atoms with van der Waals surface area (Å²) in [5.74, 6) is 0. The molecule has 1 rings (SSSR count). The first-order valence-corrected chi connectivity index (χ1v) is 6.21. The van der Waals surface area contributed by atoms with E-state index in [-0.39, 0.29) is 16.1 Å². The van der Waals surface area contributed by atoms with Gasteiger partial charge in [0.1, 0.15) is 0 Å². The molecule has 0 atom stereocenters. The van der Waals surface area contributed by atoms with E-state index in [0.29, 0.717) is 0 Å². The lowest BCUT2D eigenvalue weighted by Crippen LogP contribution is -2.07. The summed E-state index contributed by atoms with van der Waals surface area (Å²) in [7, 11) is 0. The Hall–Kier alpha value is 1.25. The van der Waals surface area contributed by atoms with Gasteiger partial charge in [-0.1, -0.05) is 99.4 Å². The third-order valence-corrected chi connectivity index (χ3v) is 3.24. The Kier molecular flexibility index (Phi) is 4.63. The third kappa shape index (κ3) is 3.61. The van der Waals surface area contributed by atoms with Crippen molar-refractivity contribution in [2.24, 2.45) is 0 Å². The van der Waals surface area contributed by atoms with Gasteiger partial charge >= 0.3 is 0 Å². The first kappa shape index (κ1) is 14.3. The minimum Gasteiger partial charge on any atom is -0.0834 e. The Balaban J connectivity index is 3.37. The van der Waals surface area contributed by atoms with Gasteiger partial charge in [0.15, 0.2) is 0 Å². The van der Waals surface area contributed by atoms with E-state index in [1.807, 2.05) is 0 Å². The number of benzene rings is 1. The van der Waals surface area contributed by atoms with Gasteiger partial charge in [0, 0.05) is 11.1 Å². The highest BCUT2D eigenvalue weighted by atomic mass is 35.6. The van der Waals surface area contributed by atoms with Crippen molar-refractivity contribution < 1.29 is 0 Å². The summed E-state index contributed by atoms with van der Waals surface area (Å²) in [4.78, 5) is 0. The maximum absolute atomic E-state index is 5.97. The van der Waals surface area contributed by atoms with Crippen molar-refractivity contribution in [3.63, 3.8) is 0 Å². The number of hydrogen-bond donors (Lipinski definition) is 0. The molecule has 0 aliphatic rings. The van der Waals surface area contributed by atoms with Crippen molar-refractivity contribution in [3.05, 3.63) is 34.3 Å². The van der Waals surface area contributed by atoms with Crippen molar-refractivity contribution in [1.82, 2.24) is 0 Å². The van der Waals surface area contributed by atoms with Crippen LogP contribution in [0.3, 0.4) is 0 Å². The Morgan fingerprint density at radius 3 is 1.33 bits per heavy atom. The molecule has 0 saturated heterocycles. The lowest BCUT2D eigenvalue weighted by atomic mass is 10.1. The summed E-state index contributed by atoms with van der Waals surface area (Å²) in [6.07, 6.45) is 0. The van der Waals surface area contributed by atoms with Gasteiger partial charge < -0.3 is 0 Å². The number of alkyl halides is 6. The fourth-order valence-electron chi connectivity index (χ4n) is 0.970. The van der Waals surface area contributed by atoms with Gasteiger partial charge in [-0.25, -0.2) is 0 Å².